The molecule has 16 nitrogen and oxygen atoms in total. The van der Waals surface area contributed by atoms with Gasteiger partial charge in [-0.2, -0.15) is 20.5 Å². The molecule has 0 radical (unpaired) electrons. The van der Waals surface area contributed by atoms with Crippen LogP contribution < -0.4 is 0 Å². The van der Waals surface area contributed by atoms with Gasteiger partial charge in [0.25, 0.3) is 20.0 Å². The molecule has 4 aromatic carbocycles. The predicted octanol–water partition coefficient (Wildman–Crippen LogP) is 8.10. The first-order valence-corrected chi connectivity index (χ1v) is 14.9. The minimum atomic E-state index is -4.55. The lowest BCUT2D eigenvalue weighted by atomic mass is 10.1. The maximum Gasteiger partial charge on any atom is 0.265 e. The van der Waals surface area contributed by atoms with Crippen molar-refractivity contribution in [2.24, 2.45) is 29.5 Å². The molecule has 0 atom stereocenters. The van der Waals surface area contributed by atoms with Crippen LogP contribution in [0.4, 0.5) is 22.7 Å². The molecule has 0 aliphatic carbocycles. The molecule has 0 unspecified atom stereocenters. The summed E-state index contributed by atoms with van der Waals surface area (Å²) in [6.45, 7) is 0. The Labute approximate surface area is 249 Å². The van der Waals surface area contributed by atoms with Crippen LogP contribution in [0.5, 0.6) is 11.5 Å². The van der Waals surface area contributed by atoms with E-state index in [9.17, 15) is 27.0 Å². The quantitative estimate of drug-likeness (QED) is 0.0756. The molecule has 220 valence electrons. The second-order valence-electron chi connectivity index (χ2n) is 8.50. The van der Waals surface area contributed by atoms with Crippen molar-refractivity contribution in [1.82, 2.24) is 0 Å². The highest BCUT2D eigenvalue weighted by Crippen LogP contribution is 2.31. The van der Waals surface area contributed by atoms with Gasteiger partial charge in [-0.1, -0.05) is 24.3 Å². The lowest BCUT2D eigenvalue weighted by molar-refractivity contribution is 0.475. The molecule has 0 aromatic heterocycles. The van der Waals surface area contributed by atoms with E-state index < -0.39 is 29.8 Å². The van der Waals surface area contributed by atoms with Gasteiger partial charge in [0.05, 0.1) is 32.5 Å². The van der Waals surface area contributed by atoms with Crippen molar-refractivity contribution in [1.29, 1.82) is 0 Å². The van der Waals surface area contributed by atoms with Crippen molar-refractivity contribution in [3.05, 3.63) is 117 Å². The summed E-state index contributed by atoms with van der Waals surface area (Å²) in [6, 6.07) is 19.2. The van der Waals surface area contributed by atoms with Crippen molar-refractivity contribution >= 4 is 54.9 Å². The highest BCUT2D eigenvalue weighted by atomic mass is 32.2. The molecule has 0 heterocycles. The first-order valence-electron chi connectivity index (χ1n) is 12.0. The Morgan fingerprint density at radius 2 is 0.841 bits per heavy atom. The maximum absolute atomic E-state index is 12.7. The van der Waals surface area contributed by atoms with E-state index in [0.29, 0.717) is 11.4 Å². The average Bonchev–Trinajstić information content (AvgIpc) is 3.00. The molecular formula is C26H18N10O6S2. The van der Waals surface area contributed by atoms with Crippen LogP contribution in [0.2, 0.25) is 0 Å². The van der Waals surface area contributed by atoms with Crippen LogP contribution in [0.15, 0.2) is 124 Å². The molecule has 18 heteroatoms. The van der Waals surface area contributed by atoms with E-state index in [2.05, 4.69) is 39.3 Å². The van der Waals surface area contributed by atoms with Gasteiger partial charge in [0.15, 0.2) is 0 Å². The first-order chi connectivity index (χ1) is 21.0. The number of phenols is 2. The van der Waals surface area contributed by atoms with Gasteiger partial charge in [0.1, 0.15) is 11.5 Å². The van der Waals surface area contributed by atoms with Crippen molar-refractivity contribution in [2.45, 2.75) is 9.79 Å². The number of aromatic hydroxyl groups is 2. The number of azo groups is 2. The highest BCUT2D eigenvalue weighted by Gasteiger charge is 2.19. The van der Waals surface area contributed by atoms with Crippen molar-refractivity contribution in [3.63, 3.8) is 0 Å². The number of benzene rings is 4. The average molecular weight is 631 g/mol. The molecule has 0 saturated carbocycles. The fourth-order valence-electron chi connectivity index (χ4n) is 3.53. The molecule has 0 fully saturated rings. The predicted molar refractivity (Wildman–Crippen MR) is 159 cm³/mol. The number of sulfonamides is 2. The Morgan fingerprint density at radius 1 is 0.523 bits per heavy atom. The molecule has 44 heavy (non-hydrogen) atoms. The molecule has 4 aromatic rings. The maximum atomic E-state index is 12.7. The van der Waals surface area contributed by atoms with Crippen LogP contribution in [0.3, 0.4) is 0 Å². The highest BCUT2D eigenvalue weighted by molar-refractivity contribution is 7.90. The molecule has 0 aliphatic rings. The Bertz CT molecular complexity index is 1970. The summed E-state index contributed by atoms with van der Waals surface area (Å²) < 4.78 is 56.8. The van der Waals surface area contributed by atoms with E-state index in [-0.39, 0.29) is 34.0 Å². The number of nitrogens with zero attached hydrogens (tertiary/aromatic N) is 10. The van der Waals surface area contributed by atoms with E-state index in [4.69, 9.17) is 11.1 Å². The Hall–Kier alpha value is -6.06. The van der Waals surface area contributed by atoms with Crippen LogP contribution in [-0.4, -0.2) is 27.0 Å². The zero-order valence-corrected chi connectivity index (χ0v) is 23.7. The van der Waals surface area contributed by atoms with Crippen LogP contribution in [0, 0.1) is 0 Å². The van der Waals surface area contributed by atoms with Gasteiger partial charge in [0, 0.05) is 18.9 Å². The summed E-state index contributed by atoms with van der Waals surface area (Å²) in [5, 5.41) is 34.7. The van der Waals surface area contributed by atoms with Crippen molar-refractivity contribution in [2.75, 3.05) is 0 Å². The molecule has 0 spiro atoms. The summed E-state index contributed by atoms with van der Waals surface area (Å²) in [5.41, 5.74) is 18.5. The normalized spacial score (nSPS) is 11.9. The largest absolute Gasteiger partial charge is 0.508 e. The number of hydrogen-bond donors (Lipinski definition) is 2. The minimum Gasteiger partial charge on any atom is -0.508 e. The molecule has 4 rings (SSSR count). The molecule has 0 saturated heterocycles. The third kappa shape index (κ3) is 7.81. The standard InChI is InChI=1S/C26H18N10O6S2/c27-33-35-43(39,40)25-15-21(31-29-19-7-11-23(37)12-8-19)5-3-17(25)1-2-18-4-6-22(16-26(18)44(41,42)36-34-28)32-30-20-9-13-24(38)14-10-20/h1-16,37-38H/b2-1+,31-29+,32-30+. The van der Waals surface area contributed by atoms with Crippen LogP contribution in [0.1, 0.15) is 11.1 Å². The summed E-state index contributed by atoms with van der Waals surface area (Å²) in [4.78, 5) is 3.84. The van der Waals surface area contributed by atoms with E-state index >= 15 is 0 Å². The van der Waals surface area contributed by atoms with E-state index in [0.717, 1.165) is 12.1 Å². The first kappa shape index (κ1) is 30.9. The Morgan fingerprint density at radius 3 is 1.18 bits per heavy atom. The second kappa shape index (κ2) is 13.3. The number of phenolic OH excluding ortho intramolecular Hbond substituents is 2. The van der Waals surface area contributed by atoms with E-state index in [1.165, 1.54) is 84.9 Å². The van der Waals surface area contributed by atoms with Gasteiger partial charge in [-0.25, -0.2) is 16.8 Å². The topological polar surface area (TPSA) is 256 Å². The van der Waals surface area contributed by atoms with E-state index in [1.807, 2.05) is 0 Å². The summed E-state index contributed by atoms with van der Waals surface area (Å²) in [5.74, 6) is 0.0395. The van der Waals surface area contributed by atoms with Gasteiger partial charge in [0.2, 0.25) is 0 Å². The second-order valence-corrected chi connectivity index (χ2v) is 11.6. The lowest BCUT2D eigenvalue weighted by Gasteiger charge is -2.07. The third-order valence-corrected chi connectivity index (χ3v) is 7.94. The third-order valence-electron chi connectivity index (χ3n) is 5.54. The minimum absolute atomic E-state index is 0.00390. The van der Waals surface area contributed by atoms with E-state index in [1.54, 1.807) is 0 Å². The summed E-state index contributed by atoms with van der Waals surface area (Å²) in [7, 11) is -9.10. The van der Waals surface area contributed by atoms with Crippen LogP contribution >= 0.6 is 0 Å². The van der Waals surface area contributed by atoms with Gasteiger partial charge in [-0.05, 0) is 95.0 Å². The number of azide groups is 2. The smallest absolute Gasteiger partial charge is 0.265 e. The van der Waals surface area contributed by atoms with Gasteiger partial charge in [-0.3, -0.25) is 0 Å². The fourth-order valence-corrected chi connectivity index (χ4v) is 5.30. The van der Waals surface area contributed by atoms with Crippen molar-refractivity contribution in [3.8, 4) is 11.5 Å². The molecule has 0 aliphatic heterocycles. The van der Waals surface area contributed by atoms with Crippen molar-refractivity contribution < 1.29 is 27.0 Å². The van der Waals surface area contributed by atoms with Gasteiger partial charge < -0.3 is 10.2 Å². The Balaban J connectivity index is 1.76. The zero-order chi connectivity index (χ0) is 31.7. The lowest BCUT2D eigenvalue weighted by Crippen LogP contribution is -1.99. The van der Waals surface area contributed by atoms with Crippen LogP contribution in [-0.2, 0) is 20.0 Å². The number of rotatable bonds is 10. The van der Waals surface area contributed by atoms with Crippen LogP contribution in [0.25, 0.3) is 33.0 Å². The number of hydrogen-bond acceptors (Lipinski definition) is 10. The monoisotopic (exact) mass is 630 g/mol. The molecule has 0 bridgehead atoms. The Kier molecular flexibility index (Phi) is 9.32. The summed E-state index contributed by atoms with van der Waals surface area (Å²) >= 11 is 0. The van der Waals surface area contributed by atoms with Gasteiger partial charge in [-0.15, -0.1) is 0 Å². The molecular weight excluding hydrogens is 612 g/mol. The SMILES string of the molecule is [N-]=[N+]=NS(=O)(=O)c1cc(/N=N/c2ccc(O)cc2)ccc1/C=C/c1ccc(/N=N/c2ccc(O)cc2)cc1S(=O)(=O)N=[N+]=[N-]. The zero-order valence-electron chi connectivity index (χ0n) is 22.1. The fraction of sp³-hybridized carbons (Fsp3) is 0. The summed E-state index contributed by atoms with van der Waals surface area (Å²) in [6.07, 6.45) is 2.51. The molecule has 0 amide bonds. The molecule has 2 N–H and O–H groups in total. The van der Waals surface area contributed by atoms with Gasteiger partial charge >= 0.3 is 0 Å².